The Morgan fingerprint density at radius 3 is 2.35 bits per heavy atom. The molecular weight excluding hydrogens is 314 g/mol. The van der Waals surface area contributed by atoms with Gasteiger partial charge in [-0.15, -0.1) is 12.4 Å². The van der Waals surface area contributed by atoms with Gasteiger partial charge in [-0.25, -0.2) is 0 Å². The van der Waals surface area contributed by atoms with Crippen LogP contribution in [0.15, 0.2) is 42.7 Å². The van der Waals surface area contributed by atoms with E-state index in [4.69, 9.17) is 0 Å². The Balaban J connectivity index is 0.00000192. The number of H-pyrrole nitrogens is 1. The highest BCUT2D eigenvalue weighted by Crippen LogP contribution is 2.13. The Morgan fingerprint density at radius 2 is 1.65 bits per heavy atom. The molecule has 122 valence electrons. The third-order valence-corrected chi connectivity index (χ3v) is 3.88. The van der Waals surface area contributed by atoms with E-state index < -0.39 is 0 Å². The molecular formula is C17H20ClN3O2. The number of hydrogen-bond donors (Lipinski definition) is 2. The van der Waals surface area contributed by atoms with Gasteiger partial charge in [0.1, 0.15) is 0 Å². The van der Waals surface area contributed by atoms with Crippen molar-refractivity contribution in [3.63, 3.8) is 0 Å². The normalized spacial score (nSPS) is 14.7. The smallest absolute Gasteiger partial charge is 0.253 e. The molecule has 0 saturated carbocycles. The molecule has 1 saturated heterocycles. The number of carbonyl (C=O) groups is 2. The molecule has 1 amide bonds. The van der Waals surface area contributed by atoms with Crippen LogP contribution in [0.25, 0.3) is 0 Å². The van der Waals surface area contributed by atoms with E-state index in [1.807, 2.05) is 4.90 Å². The van der Waals surface area contributed by atoms with Crippen LogP contribution in [0.1, 0.15) is 32.7 Å². The molecule has 1 aromatic heterocycles. The SMILES string of the molecule is Cl.O=C(c1ccc(C(=O)N2CCCNCC2)cc1)c1cc[nH]c1. The monoisotopic (exact) mass is 333 g/mol. The van der Waals surface area contributed by atoms with Crippen molar-refractivity contribution < 1.29 is 9.59 Å². The number of ketones is 1. The fourth-order valence-corrected chi connectivity index (χ4v) is 2.63. The zero-order valence-corrected chi connectivity index (χ0v) is 13.6. The lowest BCUT2D eigenvalue weighted by molar-refractivity contribution is 0.0766. The number of amides is 1. The second-order valence-corrected chi connectivity index (χ2v) is 5.40. The minimum absolute atomic E-state index is 0. The minimum atomic E-state index is -0.0424. The van der Waals surface area contributed by atoms with Crippen molar-refractivity contribution in [2.24, 2.45) is 0 Å². The van der Waals surface area contributed by atoms with Crippen molar-refractivity contribution in [1.29, 1.82) is 0 Å². The van der Waals surface area contributed by atoms with Gasteiger partial charge in [-0.3, -0.25) is 9.59 Å². The summed E-state index contributed by atoms with van der Waals surface area (Å²) in [4.78, 5) is 29.4. The van der Waals surface area contributed by atoms with E-state index in [9.17, 15) is 9.59 Å². The number of nitrogens with zero attached hydrogens (tertiary/aromatic N) is 1. The van der Waals surface area contributed by atoms with Gasteiger partial charge >= 0.3 is 0 Å². The molecule has 6 heteroatoms. The molecule has 1 aromatic carbocycles. The maximum absolute atomic E-state index is 12.5. The lowest BCUT2D eigenvalue weighted by atomic mass is 10.0. The highest BCUT2D eigenvalue weighted by atomic mass is 35.5. The van der Waals surface area contributed by atoms with Gasteiger partial charge < -0.3 is 15.2 Å². The quantitative estimate of drug-likeness (QED) is 0.845. The van der Waals surface area contributed by atoms with Gasteiger partial charge in [0, 0.05) is 48.7 Å². The van der Waals surface area contributed by atoms with Gasteiger partial charge in [-0.05, 0) is 31.2 Å². The average molecular weight is 334 g/mol. The zero-order chi connectivity index (χ0) is 15.4. The minimum Gasteiger partial charge on any atom is -0.367 e. The van der Waals surface area contributed by atoms with Gasteiger partial charge in [0.25, 0.3) is 5.91 Å². The number of aromatic amines is 1. The van der Waals surface area contributed by atoms with Crippen LogP contribution in [0.4, 0.5) is 0 Å². The van der Waals surface area contributed by atoms with E-state index in [2.05, 4.69) is 10.3 Å². The second kappa shape index (κ2) is 7.94. The van der Waals surface area contributed by atoms with Crippen molar-refractivity contribution >= 4 is 24.1 Å². The molecule has 3 rings (SSSR count). The molecule has 2 heterocycles. The van der Waals surface area contributed by atoms with Crippen LogP contribution in [-0.4, -0.2) is 47.8 Å². The molecule has 1 fully saturated rings. The standard InChI is InChI=1S/C17H19N3O2.ClH/c21-16(15-6-8-19-12-15)13-2-4-14(5-3-13)17(22)20-10-1-7-18-9-11-20;/h2-6,8,12,18-19H,1,7,9-11H2;1H. The van der Waals surface area contributed by atoms with Crippen LogP contribution in [0.3, 0.4) is 0 Å². The molecule has 1 aliphatic heterocycles. The van der Waals surface area contributed by atoms with E-state index in [0.29, 0.717) is 16.7 Å². The fourth-order valence-electron chi connectivity index (χ4n) is 2.63. The molecule has 5 nitrogen and oxygen atoms in total. The molecule has 0 bridgehead atoms. The fraction of sp³-hybridized carbons (Fsp3) is 0.294. The van der Waals surface area contributed by atoms with Gasteiger partial charge in [-0.2, -0.15) is 0 Å². The van der Waals surface area contributed by atoms with Crippen molar-refractivity contribution in [1.82, 2.24) is 15.2 Å². The largest absolute Gasteiger partial charge is 0.367 e. The highest BCUT2D eigenvalue weighted by molar-refractivity contribution is 6.09. The summed E-state index contributed by atoms with van der Waals surface area (Å²) in [5, 5.41) is 3.28. The maximum atomic E-state index is 12.5. The van der Waals surface area contributed by atoms with E-state index >= 15 is 0 Å². The Kier molecular flexibility index (Phi) is 5.96. The third-order valence-electron chi connectivity index (χ3n) is 3.88. The van der Waals surface area contributed by atoms with E-state index in [0.717, 1.165) is 32.6 Å². The summed E-state index contributed by atoms with van der Waals surface area (Å²) in [6.07, 6.45) is 4.36. The predicted molar refractivity (Wildman–Crippen MR) is 91.3 cm³/mol. The van der Waals surface area contributed by atoms with E-state index in [-0.39, 0.29) is 24.1 Å². The molecule has 2 N–H and O–H groups in total. The van der Waals surface area contributed by atoms with Gasteiger partial charge in [-0.1, -0.05) is 12.1 Å². The van der Waals surface area contributed by atoms with E-state index in [1.54, 1.807) is 42.7 Å². The first-order valence-electron chi connectivity index (χ1n) is 7.53. The first kappa shape index (κ1) is 17.2. The lowest BCUT2D eigenvalue weighted by Gasteiger charge is -2.20. The predicted octanol–water partition coefficient (Wildman–Crippen LogP) is 2.10. The molecule has 0 atom stereocenters. The Labute approximate surface area is 141 Å². The number of hydrogen-bond acceptors (Lipinski definition) is 3. The number of halogens is 1. The molecule has 23 heavy (non-hydrogen) atoms. The molecule has 0 aliphatic carbocycles. The van der Waals surface area contributed by atoms with Crippen LogP contribution in [0.2, 0.25) is 0 Å². The van der Waals surface area contributed by atoms with Crippen LogP contribution in [-0.2, 0) is 0 Å². The highest BCUT2D eigenvalue weighted by Gasteiger charge is 2.17. The van der Waals surface area contributed by atoms with Crippen LogP contribution in [0.5, 0.6) is 0 Å². The first-order chi connectivity index (χ1) is 10.8. The van der Waals surface area contributed by atoms with Gasteiger partial charge in [0.2, 0.25) is 0 Å². The molecule has 0 unspecified atom stereocenters. The van der Waals surface area contributed by atoms with Crippen molar-refractivity contribution in [2.75, 3.05) is 26.2 Å². The summed E-state index contributed by atoms with van der Waals surface area (Å²) >= 11 is 0. The van der Waals surface area contributed by atoms with Crippen molar-refractivity contribution in [2.45, 2.75) is 6.42 Å². The number of benzene rings is 1. The summed E-state index contributed by atoms with van der Waals surface area (Å²) in [5.41, 5.74) is 1.85. The number of rotatable bonds is 3. The lowest BCUT2D eigenvalue weighted by Crippen LogP contribution is -2.34. The number of nitrogens with one attached hydrogen (secondary N) is 2. The second-order valence-electron chi connectivity index (χ2n) is 5.40. The topological polar surface area (TPSA) is 65.2 Å². The Hall–Kier alpha value is -2.11. The van der Waals surface area contributed by atoms with Crippen LogP contribution < -0.4 is 5.32 Å². The first-order valence-corrected chi connectivity index (χ1v) is 7.53. The van der Waals surface area contributed by atoms with Gasteiger partial charge in [0.05, 0.1) is 0 Å². The van der Waals surface area contributed by atoms with Crippen molar-refractivity contribution in [3.05, 3.63) is 59.4 Å². The summed E-state index contributed by atoms with van der Waals surface area (Å²) in [7, 11) is 0. The molecule has 0 spiro atoms. The summed E-state index contributed by atoms with van der Waals surface area (Å²) in [5.74, 6) is -0.0106. The van der Waals surface area contributed by atoms with E-state index in [1.165, 1.54) is 0 Å². The summed E-state index contributed by atoms with van der Waals surface area (Å²) in [6.45, 7) is 3.28. The summed E-state index contributed by atoms with van der Waals surface area (Å²) in [6, 6.07) is 8.66. The molecule has 1 aliphatic rings. The third kappa shape index (κ3) is 4.00. The zero-order valence-electron chi connectivity index (χ0n) is 12.7. The van der Waals surface area contributed by atoms with Crippen LogP contribution >= 0.6 is 12.4 Å². The molecule has 0 radical (unpaired) electrons. The van der Waals surface area contributed by atoms with Gasteiger partial charge in [0.15, 0.2) is 5.78 Å². The molecule has 2 aromatic rings. The Morgan fingerprint density at radius 1 is 0.913 bits per heavy atom. The number of aromatic nitrogens is 1. The van der Waals surface area contributed by atoms with Crippen molar-refractivity contribution in [3.8, 4) is 0 Å². The van der Waals surface area contributed by atoms with Crippen LogP contribution in [0, 0.1) is 0 Å². The number of carbonyl (C=O) groups excluding carboxylic acids is 2. The average Bonchev–Trinajstić information content (AvgIpc) is 2.96. The maximum Gasteiger partial charge on any atom is 0.253 e. The summed E-state index contributed by atoms with van der Waals surface area (Å²) < 4.78 is 0. The Bertz CT molecular complexity index is 645.